The van der Waals surface area contributed by atoms with E-state index in [1.54, 1.807) is 0 Å². The molecule has 0 amide bonds. The van der Waals surface area contributed by atoms with Gasteiger partial charge in [0.05, 0.1) is 0 Å². The Balaban J connectivity index is 2.49. The number of hydrogen-bond acceptors (Lipinski definition) is 2. The molecule has 1 atom stereocenters. The summed E-state index contributed by atoms with van der Waals surface area (Å²) in [7, 11) is 0. The van der Waals surface area contributed by atoms with Crippen molar-refractivity contribution in [2.24, 2.45) is 17.6 Å². The average molecular weight is 240 g/mol. The van der Waals surface area contributed by atoms with Crippen LogP contribution >= 0.6 is 0 Å². The predicted molar refractivity (Wildman–Crippen MR) is 76.1 cm³/mol. The van der Waals surface area contributed by atoms with E-state index in [0.29, 0.717) is 0 Å². The van der Waals surface area contributed by atoms with Crippen molar-refractivity contribution in [2.75, 3.05) is 19.6 Å². The molecule has 2 heteroatoms. The molecule has 1 aliphatic heterocycles. The third-order valence-corrected chi connectivity index (χ3v) is 4.36. The van der Waals surface area contributed by atoms with Crippen LogP contribution in [-0.4, -0.2) is 30.1 Å². The Morgan fingerprint density at radius 2 is 1.88 bits per heavy atom. The fourth-order valence-electron chi connectivity index (χ4n) is 3.39. The van der Waals surface area contributed by atoms with E-state index in [0.717, 1.165) is 18.4 Å². The Morgan fingerprint density at radius 1 is 1.29 bits per heavy atom. The number of nitrogens with two attached hydrogens (primary N) is 1. The summed E-state index contributed by atoms with van der Waals surface area (Å²) in [5, 5.41) is 0. The van der Waals surface area contributed by atoms with Gasteiger partial charge in [0, 0.05) is 12.1 Å². The normalized spacial score (nSPS) is 22.9. The van der Waals surface area contributed by atoms with Crippen LogP contribution in [-0.2, 0) is 0 Å². The predicted octanol–water partition coefficient (Wildman–Crippen LogP) is 3.26. The lowest BCUT2D eigenvalue weighted by Crippen LogP contribution is -2.55. The maximum absolute atomic E-state index is 6.04. The second-order valence-electron chi connectivity index (χ2n) is 6.52. The molecule has 17 heavy (non-hydrogen) atoms. The smallest absolute Gasteiger partial charge is 0.0306 e. The summed E-state index contributed by atoms with van der Waals surface area (Å²) in [5.74, 6) is 1.70. The monoisotopic (exact) mass is 240 g/mol. The van der Waals surface area contributed by atoms with Crippen LogP contribution < -0.4 is 5.73 Å². The Bertz CT molecular complexity index is 207. The fourth-order valence-corrected chi connectivity index (χ4v) is 3.39. The standard InChI is InChI=1S/C15H32N2/c1-5-6-14-7-9-17(10-8-14)15(4,12-16)11-13(2)3/h13-14H,5-12,16H2,1-4H3. The van der Waals surface area contributed by atoms with Gasteiger partial charge < -0.3 is 5.73 Å². The molecule has 1 fully saturated rings. The van der Waals surface area contributed by atoms with Gasteiger partial charge in [0.2, 0.25) is 0 Å². The zero-order valence-corrected chi connectivity index (χ0v) is 12.3. The van der Waals surface area contributed by atoms with Crippen molar-refractivity contribution >= 4 is 0 Å². The number of piperidine rings is 1. The first-order valence-corrected chi connectivity index (χ1v) is 7.47. The zero-order valence-electron chi connectivity index (χ0n) is 12.3. The van der Waals surface area contributed by atoms with Gasteiger partial charge in [0.15, 0.2) is 0 Å². The molecule has 0 bridgehead atoms. The summed E-state index contributed by atoms with van der Waals surface area (Å²) in [6.07, 6.45) is 6.73. The molecule has 1 heterocycles. The topological polar surface area (TPSA) is 29.3 Å². The van der Waals surface area contributed by atoms with Gasteiger partial charge in [-0.05, 0) is 51.1 Å². The molecule has 2 N–H and O–H groups in total. The SMILES string of the molecule is CCCC1CCN(C(C)(CN)CC(C)C)CC1. The fraction of sp³-hybridized carbons (Fsp3) is 1.00. The lowest BCUT2D eigenvalue weighted by molar-refractivity contribution is 0.0505. The van der Waals surface area contributed by atoms with Crippen molar-refractivity contribution < 1.29 is 0 Å². The van der Waals surface area contributed by atoms with Crippen LogP contribution in [0.15, 0.2) is 0 Å². The number of likely N-dealkylation sites (tertiary alicyclic amines) is 1. The highest BCUT2D eigenvalue weighted by molar-refractivity contribution is 4.90. The molecule has 1 unspecified atom stereocenters. The summed E-state index contributed by atoms with van der Waals surface area (Å²) < 4.78 is 0. The summed E-state index contributed by atoms with van der Waals surface area (Å²) in [6, 6.07) is 0. The van der Waals surface area contributed by atoms with Crippen LogP contribution in [0.25, 0.3) is 0 Å². The van der Waals surface area contributed by atoms with Crippen molar-refractivity contribution in [1.29, 1.82) is 0 Å². The van der Waals surface area contributed by atoms with E-state index in [2.05, 4.69) is 32.6 Å². The molecule has 0 aliphatic carbocycles. The summed E-state index contributed by atoms with van der Waals surface area (Å²) in [5.41, 5.74) is 6.27. The second kappa shape index (κ2) is 6.75. The zero-order chi connectivity index (χ0) is 12.9. The molecule has 0 saturated carbocycles. The van der Waals surface area contributed by atoms with Crippen molar-refractivity contribution in [2.45, 2.75) is 65.3 Å². The highest BCUT2D eigenvalue weighted by Gasteiger charge is 2.33. The molecule has 1 rings (SSSR count). The van der Waals surface area contributed by atoms with Gasteiger partial charge in [-0.2, -0.15) is 0 Å². The van der Waals surface area contributed by atoms with Crippen molar-refractivity contribution in [3.05, 3.63) is 0 Å². The summed E-state index contributed by atoms with van der Waals surface area (Å²) in [6.45, 7) is 12.6. The van der Waals surface area contributed by atoms with Crippen LogP contribution in [0.3, 0.4) is 0 Å². The summed E-state index contributed by atoms with van der Waals surface area (Å²) >= 11 is 0. The van der Waals surface area contributed by atoms with Gasteiger partial charge in [-0.3, -0.25) is 4.90 Å². The maximum Gasteiger partial charge on any atom is 0.0306 e. The lowest BCUT2D eigenvalue weighted by atomic mass is 9.84. The van der Waals surface area contributed by atoms with Gasteiger partial charge in [-0.15, -0.1) is 0 Å². The van der Waals surface area contributed by atoms with E-state index in [4.69, 9.17) is 5.73 Å². The Kier molecular flexibility index (Phi) is 5.94. The molecule has 1 aliphatic rings. The molecule has 0 spiro atoms. The van der Waals surface area contributed by atoms with E-state index >= 15 is 0 Å². The number of rotatable bonds is 6. The summed E-state index contributed by atoms with van der Waals surface area (Å²) in [4.78, 5) is 2.65. The maximum atomic E-state index is 6.04. The molecule has 0 aromatic heterocycles. The van der Waals surface area contributed by atoms with E-state index in [1.807, 2.05) is 0 Å². The van der Waals surface area contributed by atoms with Crippen LogP contribution in [0.5, 0.6) is 0 Å². The molecule has 102 valence electrons. The number of nitrogens with zero attached hydrogens (tertiary/aromatic N) is 1. The largest absolute Gasteiger partial charge is 0.329 e. The highest BCUT2D eigenvalue weighted by Crippen LogP contribution is 2.30. The third-order valence-electron chi connectivity index (χ3n) is 4.36. The van der Waals surface area contributed by atoms with E-state index in [1.165, 1.54) is 45.2 Å². The van der Waals surface area contributed by atoms with Crippen LogP contribution in [0.1, 0.15) is 59.8 Å². The molecule has 1 saturated heterocycles. The quantitative estimate of drug-likeness (QED) is 0.772. The van der Waals surface area contributed by atoms with E-state index < -0.39 is 0 Å². The first kappa shape index (κ1) is 15.0. The molecular weight excluding hydrogens is 208 g/mol. The first-order valence-electron chi connectivity index (χ1n) is 7.47. The minimum Gasteiger partial charge on any atom is -0.329 e. The second-order valence-corrected chi connectivity index (χ2v) is 6.52. The molecule has 0 aromatic carbocycles. The third kappa shape index (κ3) is 4.26. The molecular formula is C15H32N2. The lowest BCUT2D eigenvalue weighted by Gasteiger charge is -2.45. The van der Waals surface area contributed by atoms with Gasteiger partial charge >= 0.3 is 0 Å². The Morgan fingerprint density at radius 3 is 2.29 bits per heavy atom. The Labute approximate surface area is 108 Å². The van der Waals surface area contributed by atoms with Crippen LogP contribution in [0.4, 0.5) is 0 Å². The van der Waals surface area contributed by atoms with Gasteiger partial charge in [-0.25, -0.2) is 0 Å². The minimum absolute atomic E-state index is 0.228. The first-order chi connectivity index (χ1) is 8.01. The molecule has 0 aromatic rings. The number of hydrogen-bond donors (Lipinski definition) is 1. The van der Waals surface area contributed by atoms with Crippen molar-refractivity contribution in [1.82, 2.24) is 4.90 Å². The highest BCUT2D eigenvalue weighted by atomic mass is 15.2. The molecule has 0 radical (unpaired) electrons. The van der Waals surface area contributed by atoms with Gasteiger partial charge in [0.1, 0.15) is 0 Å². The van der Waals surface area contributed by atoms with E-state index in [9.17, 15) is 0 Å². The van der Waals surface area contributed by atoms with Gasteiger partial charge in [0.25, 0.3) is 0 Å². The van der Waals surface area contributed by atoms with Crippen LogP contribution in [0.2, 0.25) is 0 Å². The minimum atomic E-state index is 0.228. The van der Waals surface area contributed by atoms with Crippen molar-refractivity contribution in [3.8, 4) is 0 Å². The van der Waals surface area contributed by atoms with Crippen LogP contribution in [0, 0.1) is 11.8 Å². The Hall–Kier alpha value is -0.0800. The van der Waals surface area contributed by atoms with Gasteiger partial charge in [-0.1, -0.05) is 33.6 Å². The average Bonchev–Trinajstić information content (AvgIpc) is 2.29. The van der Waals surface area contributed by atoms with E-state index in [-0.39, 0.29) is 5.54 Å². The molecule has 2 nitrogen and oxygen atoms in total. The van der Waals surface area contributed by atoms with Crippen molar-refractivity contribution in [3.63, 3.8) is 0 Å².